The van der Waals surface area contributed by atoms with Crippen LogP contribution in [0.15, 0.2) is 348 Å². The van der Waals surface area contributed by atoms with Gasteiger partial charge in [-0.3, -0.25) is 24.0 Å². The predicted octanol–water partition coefficient (Wildman–Crippen LogP) is 24.5. The van der Waals surface area contributed by atoms with Gasteiger partial charge in [-0.1, -0.05) is 261 Å². The van der Waals surface area contributed by atoms with Crippen LogP contribution in [0.3, 0.4) is 0 Å². The summed E-state index contributed by atoms with van der Waals surface area (Å²) >= 11 is 0. The molecule has 20 rings (SSSR count). The van der Waals surface area contributed by atoms with Gasteiger partial charge >= 0.3 is 5.97 Å². The molecule has 22 nitrogen and oxygen atoms in total. The number of aliphatic imine (C=N–C) groups is 4. The van der Waals surface area contributed by atoms with Gasteiger partial charge in [0, 0.05) is 83.8 Å². The Bertz CT molecular complexity index is 6620. The number of anilines is 4. The smallest absolute Gasteiger partial charge is 0.306 e. The fraction of sp³-hybridized carbons (Fsp3) is 0.320. The van der Waals surface area contributed by atoms with Crippen LogP contribution in [0.25, 0.3) is 0 Å². The van der Waals surface area contributed by atoms with Gasteiger partial charge in [-0.15, -0.1) is 6.58 Å². The maximum atomic E-state index is 14.6. The van der Waals surface area contributed by atoms with E-state index in [0.717, 1.165) is 170 Å². The van der Waals surface area contributed by atoms with Gasteiger partial charge in [0.15, 0.2) is 46.6 Å². The van der Waals surface area contributed by atoms with Gasteiger partial charge in [-0.05, 0) is 203 Å². The second-order valence-electron chi connectivity index (χ2n) is 38.5. The van der Waals surface area contributed by atoms with Gasteiger partial charge in [0.1, 0.15) is 28.6 Å². The number of likely N-dealkylation sites (N-methyl/N-ethyl adjacent to an activating group) is 1. The third kappa shape index (κ3) is 21.6. The van der Waals surface area contributed by atoms with E-state index >= 15 is 0 Å². The molecule has 0 fully saturated rings. The number of nitrogens with zero attached hydrogens (tertiary/aromatic N) is 8. The molecule has 0 radical (unpaired) electrons. The highest BCUT2D eigenvalue weighted by Gasteiger charge is 2.63. The summed E-state index contributed by atoms with van der Waals surface area (Å²) in [6, 6.07) is 103. The highest BCUT2D eigenvalue weighted by molar-refractivity contribution is 6.13. The Hall–Kier alpha value is -15.2. The molecule has 144 heavy (non-hydrogen) atoms. The van der Waals surface area contributed by atoms with E-state index in [2.05, 4.69) is 89.7 Å². The van der Waals surface area contributed by atoms with E-state index in [4.69, 9.17) is 62.6 Å². The molecule has 0 N–H and O–H groups in total. The molecule has 12 aromatic carbocycles. The number of carbonyl (C=O) groups excluding carboxylic acids is 5. The number of para-hydroxylation sites is 4. The molecule has 0 spiro atoms. The van der Waals surface area contributed by atoms with Gasteiger partial charge in [-0.2, -0.15) is 0 Å². The maximum Gasteiger partial charge on any atom is 0.306 e. The van der Waals surface area contributed by atoms with Crippen molar-refractivity contribution in [2.45, 2.75) is 211 Å². The fourth-order valence-electron chi connectivity index (χ4n) is 19.7. The zero-order valence-electron chi connectivity index (χ0n) is 83.8. The molecular weight excluding hydrogens is 1800 g/mol. The molecule has 12 aromatic rings. The standard InChI is InChI=1S/C34H32N2O3.C30H32N2O3.C30H30N2O3.C28H34N2O5/c1-2-3-22-38-28-20-18-27(19-21-28)32-35-34(23-25-12-6-4-7-13-25)31(39-32)29-16-10-11-17-30(29)36(33(34)37)24-26-14-8-5-9-15-26;1-3-5-20-34-24-17-15-23(16-18-24)28-31-30(21-22-11-7-6-8-12-22)27(35-28)25-13-9-10-14-26(25)32(19-4-2)29(30)33;1-3-5-20-34-24-17-15-23(16-18-24)28-31-30(19-4-2)27(35-28)25-13-9-10-14-26(25)32(29(30)33)21-22-11-7-6-8-12-22;1-6-7-18-33-20-14-12-19(13-15-20)25-29-28(17-16-23(31)35-27(2,3)4)24(34-25)21-10-8-9-11-22(21)30(5)26(28)32/h4-21,31H,2-3,22-24H2,1H3;6-18,27H,3-5,19-21H2,1-2H3;4,6-18,27H,2-3,5,19-21H2,1H3;8-15,24H,6-7,16-18H2,1-5H3/t31-,34-;2*27-,30-;24-,28-/m1111/s1. The van der Waals surface area contributed by atoms with Crippen LogP contribution in [0.5, 0.6) is 23.0 Å². The van der Waals surface area contributed by atoms with Gasteiger partial charge < -0.3 is 62.2 Å². The molecule has 0 aromatic heterocycles. The molecule has 0 saturated carbocycles. The van der Waals surface area contributed by atoms with Gasteiger partial charge in [-0.25, -0.2) is 20.0 Å². The monoisotopic (exact) mass is 1930 g/mol. The normalized spacial score (nSPS) is 20.4. The van der Waals surface area contributed by atoms with Crippen LogP contribution >= 0.6 is 0 Å². The summed E-state index contributed by atoms with van der Waals surface area (Å²) in [5.74, 6) is 4.41. The number of hydrogen-bond acceptors (Lipinski definition) is 18. The first kappa shape index (κ1) is 100. The minimum atomic E-state index is -1.24. The SMILES string of the molecule is C=CC[C@@]12N=C(c3ccc(OCCCC)cc3)O[C@@H]1c1ccccc1N(Cc1ccccc1)C2=O.CCCCOc1ccc(C2=N[C@@]3(CCC(=O)OC(C)(C)C)C(=O)N(C)c4ccccc4[C@H]3O2)cc1.CCCCOc1ccc(C2=N[C@@]3(Cc4ccccc4)C(=O)N(CCC)c4ccccc4[C@H]3O2)cc1.CCCCOc1ccc(C2=N[C@@]3(Cc4ccccc4)C(=O)N(Cc4ccccc4)c4ccccc4[C@H]3O2)cc1. The maximum absolute atomic E-state index is 14.6. The number of fused-ring (bicyclic) bond motifs is 12. The highest BCUT2D eigenvalue weighted by Crippen LogP contribution is 2.56. The van der Waals surface area contributed by atoms with Crippen molar-refractivity contribution in [3.05, 3.63) is 395 Å². The first-order chi connectivity index (χ1) is 70.1. The molecule has 8 heterocycles. The van der Waals surface area contributed by atoms with Gasteiger partial charge in [0.05, 0.1) is 62.3 Å². The van der Waals surface area contributed by atoms with E-state index < -0.39 is 52.2 Å². The summed E-state index contributed by atoms with van der Waals surface area (Å²) in [4.78, 5) is 96.5. The number of hydrogen-bond donors (Lipinski definition) is 0. The molecule has 4 amide bonds. The molecule has 8 aliphatic heterocycles. The zero-order valence-corrected chi connectivity index (χ0v) is 83.8. The van der Waals surface area contributed by atoms with E-state index in [9.17, 15) is 24.0 Å². The number of benzene rings is 12. The van der Waals surface area contributed by atoms with Crippen LogP contribution in [0.4, 0.5) is 22.7 Å². The van der Waals surface area contributed by atoms with Crippen molar-refractivity contribution in [1.82, 2.24) is 0 Å². The Balaban J connectivity index is 0.000000132. The summed E-state index contributed by atoms with van der Waals surface area (Å²) < 4.78 is 54.7. The third-order valence-corrected chi connectivity index (χ3v) is 27.0. The van der Waals surface area contributed by atoms with E-state index in [0.29, 0.717) is 88.9 Å². The van der Waals surface area contributed by atoms with Crippen LogP contribution in [0.2, 0.25) is 0 Å². The Morgan fingerprint density at radius 2 is 0.632 bits per heavy atom. The van der Waals surface area contributed by atoms with Crippen LogP contribution in [-0.2, 0) is 73.6 Å². The first-order valence-corrected chi connectivity index (χ1v) is 50.7. The summed E-state index contributed by atoms with van der Waals surface area (Å²) in [5.41, 5.74) is 9.66. The number of rotatable bonds is 35. The van der Waals surface area contributed by atoms with E-state index in [1.165, 1.54) is 0 Å². The zero-order chi connectivity index (χ0) is 100. The largest absolute Gasteiger partial charge is 0.494 e. The van der Waals surface area contributed by atoms with Crippen molar-refractivity contribution in [3.63, 3.8) is 0 Å². The summed E-state index contributed by atoms with van der Waals surface area (Å²) in [6.45, 7) is 24.4. The number of unbranched alkanes of at least 4 members (excludes halogenated alkanes) is 4. The van der Waals surface area contributed by atoms with Crippen LogP contribution in [0, 0.1) is 0 Å². The molecule has 0 saturated heterocycles. The lowest BCUT2D eigenvalue weighted by atomic mass is 9.78. The van der Waals surface area contributed by atoms with Crippen LogP contribution < -0.4 is 38.5 Å². The number of carbonyl (C=O) groups is 5. The third-order valence-electron chi connectivity index (χ3n) is 27.0. The van der Waals surface area contributed by atoms with Crippen molar-refractivity contribution < 1.29 is 66.6 Å². The van der Waals surface area contributed by atoms with E-state index in [-0.39, 0.29) is 42.4 Å². The molecule has 0 bridgehead atoms. The Labute approximate surface area is 845 Å². The lowest BCUT2D eigenvalue weighted by Crippen LogP contribution is -2.55. The number of amides is 4. The van der Waals surface area contributed by atoms with Crippen LogP contribution in [-0.4, -0.2) is 121 Å². The Morgan fingerprint density at radius 3 is 0.972 bits per heavy atom. The quantitative estimate of drug-likeness (QED) is 0.0204. The minimum absolute atomic E-state index is 0.00132. The molecule has 740 valence electrons. The average molecular weight is 1930 g/mol. The number of esters is 1. The average Bonchev–Trinajstić information content (AvgIpc) is 1.57. The second kappa shape index (κ2) is 45.4. The van der Waals surface area contributed by atoms with Gasteiger partial charge in [0.25, 0.3) is 23.6 Å². The van der Waals surface area contributed by atoms with Crippen molar-refractivity contribution in [2.24, 2.45) is 20.0 Å². The van der Waals surface area contributed by atoms with E-state index in [1.54, 1.807) is 18.0 Å². The van der Waals surface area contributed by atoms with Crippen molar-refractivity contribution in [2.75, 3.05) is 59.6 Å². The van der Waals surface area contributed by atoms with Crippen molar-refractivity contribution in [1.29, 1.82) is 0 Å². The topological polar surface area (TPSA) is 231 Å². The predicted molar refractivity (Wildman–Crippen MR) is 567 cm³/mol. The molecule has 0 aliphatic carbocycles. The molecule has 22 heteroatoms. The fourth-order valence-corrected chi connectivity index (χ4v) is 19.7. The lowest BCUT2D eigenvalue weighted by molar-refractivity contribution is -0.155. The first-order valence-electron chi connectivity index (χ1n) is 50.7. The van der Waals surface area contributed by atoms with Gasteiger partial charge in [0.2, 0.25) is 23.6 Å². The molecule has 8 atom stereocenters. The second-order valence-corrected chi connectivity index (χ2v) is 38.5. The summed E-state index contributed by atoms with van der Waals surface area (Å²) in [7, 11) is 1.74. The lowest BCUT2D eigenvalue weighted by Gasteiger charge is -2.41. The van der Waals surface area contributed by atoms with Crippen molar-refractivity contribution >= 4 is 75.9 Å². The molecular formula is C122H128N8O14. The molecule has 0 unspecified atom stereocenters. The highest BCUT2D eigenvalue weighted by atomic mass is 16.6. The number of ether oxygens (including phenoxy) is 9. The minimum Gasteiger partial charge on any atom is -0.494 e. The van der Waals surface area contributed by atoms with Crippen LogP contribution in [0.1, 0.15) is 224 Å². The summed E-state index contributed by atoms with van der Waals surface area (Å²) in [6.07, 6.45) is 10.4. The Morgan fingerprint density at radius 1 is 0.347 bits per heavy atom. The van der Waals surface area contributed by atoms with E-state index in [1.807, 2.05) is 302 Å². The van der Waals surface area contributed by atoms with Crippen molar-refractivity contribution in [3.8, 4) is 23.0 Å². The molecule has 8 aliphatic rings. The summed E-state index contributed by atoms with van der Waals surface area (Å²) in [5, 5.41) is 0. The Kier molecular flexibility index (Phi) is 31.6.